The molecule has 1 fully saturated rings. The molecule has 1 unspecified atom stereocenters. The van der Waals surface area contributed by atoms with E-state index in [-0.39, 0.29) is 11.6 Å². The van der Waals surface area contributed by atoms with E-state index in [0.717, 1.165) is 25.1 Å². The molecule has 1 aromatic rings. The monoisotopic (exact) mass is 276 g/mol. The zero-order chi connectivity index (χ0) is 14.5. The van der Waals surface area contributed by atoms with Crippen LogP contribution in [-0.2, 0) is 6.54 Å². The highest BCUT2D eigenvalue weighted by Gasteiger charge is 2.20. The van der Waals surface area contributed by atoms with Gasteiger partial charge in [0.05, 0.1) is 5.56 Å². The van der Waals surface area contributed by atoms with Crippen LogP contribution in [0.25, 0.3) is 0 Å². The number of nitrogens with zero attached hydrogens (tertiary/aromatic N) is 1. The number of urea groups is 1. The largest absolute Gasteiger partial charge is 0.478 e. The van der Waals surface area contributed by atoms with Crippen molar-refractivity contribution in [2.75, 3.05) is 13.1 Å². The second kappa shape index (κ2) is 6.41. The van der Waals surface area contributed by atoms with Gasteiger partial charge in [-0.25, -0.2) is 9.59 Å². The third-order valence-electron chi connectivity index (χ3n) is 3.59. The quantitative estimate of drug-likeness (QED) is 0.890. The molecule has 1 saturated heterocycles. The van der Waals surface area contributed by atoms with Crippen molar-refractivity contribution in [3.63, 3.8) is 0 Å². The number of piperidine rings is 1. The Bertz CT molecular complexity index is 484. The third-order valence-corrected chi connectivity index (χ3v) is 3.59. The van der Waals surface area contributed by atoms with Gasteiger partial charge in [0.2, 0.25) is 0 Å². The highest BCUT2D eigenvalue weighted by molar-refractivity contribution is 5.87. The van der Waals surface area contributed by atoms with Crippen molar-refractivity contribution in [1.29, 1.82) is 0 Å². The van der Waals surface area contributed by atoms with Crippen molar-refractivity contribution in [1.82, 2.24) is 10.2 Å². The minimum atomic E-state index is -0.942. The smallest absolute Gasteiger partial charge is 0.335 e. The minimum absolute atomic E-state index is 0.0427. The fourth-order valence-corrected chi connectivity index (χ4v) is 2.43. The van der Waals surface area contributed by atoms with Crippen molar-refractivity contribution in [3.05, 3.63) is 35.4 Å². The number of carbonyl (C=O) groups is 2. The molecule has 5 heteroatoms. The number of carboxylic acid groups (broad SMARTS) is 1. The number of amides is 2. The van der Waals surface area contributed by atoms with Crippen molar-refractivity contribution in [2.45, 2.75) is 26.3 Å². The number of aromatic carboxylic acids is 1. The molecule has 2 rings (SSSR count). The van der Waals surface area contributed by atoms with E-state index in [4.69, 9.17) is 5.11 Å². The lowest BCUT2D eigenvalue weighted by atomic mass is 10.0. The van der Waals surface area contributed by atoms with Crippen LogP contribution in [0, 0.1) is 5.92 Å². The van der Waals surface area contributed by atoms with Gasteiger partial charge < -0.3 is 15.3 Å². The summed E-state index contributed by atoms with van der Waals surface area (Å²) in [4.78, 5) is 24.6. The minimum Gasteiger partial charge on any atom is -0.478 e. The number of hydrogen-bond acceptors (Lipinski definition) is 2. The summed E-state index contributed by atoms with van der Waals surface area (Å²) in [6.45, 7) is 4.20. The van der Waals surface area contributed by atoms with Crippen LogP contribution in [0.5, 0.6) is 0 Å². The van der Waals surface area contributed by atoms with E-state index in [0.29, 0.717) is 12.5 Å². The van der Waals surface area contributed by atoms with Gasteiger partial charge in [-0.1, -0.05) is 19.1 Å². The number of rotatable bonds is 3. The van der Waals surface area contributed by atoms with E-state index in [2.05, 4.69) is 12.2 Å². The van der Waals surface area contributed by atoms with Gasteiger partial charge >= 0.3 is 12.0 Å². The topological polar surface area (TPSA) is 69.6 Å². The molecule has 108 valence electrons. The molecule has 0 saturated carbocycles. The first-order valence-corrected chi connectivity index (χ1v) is 6.91. The molecule has 1 heterocycles. The first kappa shape index (κ1) is 14.4. The Morgan fingerprint density at radius 2 is 2.05 bits per heavy atom. The summed E-state index contributed by atoms with van der Waals surface area (Å²) in [6, 6.07) is 6.50. The van der Waals surface area contributed by atoms with Gasteiger partial charge in [-0.15, -0.1) is 0 Å². The third kappa shape index (κ3) is 3.73. The fourth-order valence-electron chi connectivity index (χ4n) is 2.43. The highest BCUT2D eigenvalue weighted by atomic mass is 16.4. The Balaban J connectivity index is 1.85. The van der Waals surface area contributed by atoms with E-state index < -0.39 is 5.97 Å². The maximum Gasteiger partial charge on any atom is 0.335 e. The molecule has 0 bridgehead atoms. The lowest BCUT2D eigenvalue weighted by Crippen LogP contribution is -2.44. The maximum absolute atomic E-state index is 12.0. The van der Waals surface area contributed by atoms with E-state index in [9.17, 15) is 9.59 Å². The molecule has 0 aromatic heterocycles. The number of benzene rings is 1. The Kier molecular flexibility index (Phi) is 4.61. The summed E-state index contributed by atoms with van der Waals surface area (Å²) in [6.07, 6.45) is 2.24. The molecule has 0 aliphatic carbocycles. The predicted octanol–water partition coefficient (Wildman–Crippen LogP) is 2.33. The van der Waals surface area contributed by atoms with Gasteiger partial charge in [-0.05, 0) is 36.5 Å². The molecule has 1 atom stereocenters. The summed E-state index contributed by atoms with van der Waals surface area (Å²) in [7, 11) is 0. The number of nitrogens with one attached hydrogen (secondary N) is 1. The molecule has 1 aliphatic heterocycles. The van der Waals surface area contributed by atoms with Crippen LogP contribution in [0.2, 0.25) is 0 Å². The summed E-state index contributed by atoms with van der Waals surface area (Å²) < 4.78 is 0. The molecule has 2 N–H and O–H groups in total. The zero-order valence-electron chi connectivity index (χ0n) is 11.6. The predicted molar refractivity (Wildman–Crippen MR) is 75.6 cm³/mol. The number of hydrogen-bond donors (Lipinski definition) is 2. The van der Waals surface area contributed by atoms with Gasteiger partial charge in [0.1, 0.15) is 0 Å². The summed E-state index contributed by atoms with van der Waals surface area (Å²) >= 11 is 0. The van der Waals surface area contributed by atoms with Crippen LogP contribution < -0.4 is 5.32 Å². The Morgan fingerprint density at radius 3 is 2.65 bits per heavy atom. The van der Waals surface area contributed by atoms with Crippen molar-refractivity contribution in [3.8, 4) is 0 Å². The zero-order valence-corrected chi connectivity index (χ0v) is 11.6. The first-order chi connectivity index (χ1) is 9.56. The van der Waals surface area contributed by atoms with Gasteiger partial charge in [0, 0.05) is 19.6 Å². The number of carbonyl (C=O) groups excluding carboxylic acids is 1. The lowest BCUT2D eigenvalue weighted by molar-refractivity contribution is 0.0697. The van der Waals surface area contributed by atoms with Crippen molar-refractivity contribution >= 4 is 12.0 Å². The second-order valence-corrected chi connectivity index (χ2v) is 5.35. The van der Waals surface area contributed by atoms with E-state index in [1.54, 1.807) is 24.3 Å². The SMILES string of the molecule is CC1CCCN(C(=O)NCc2ccc(C(=O)O)cc2)C1. The standard InChI is InChI=1S/C15H20N2O3/c1-11-3-2-8-17(10-11)15(20)16-9-12-4-6-13(7-5-12)14(18)19/h4-7,11H,2-3,8-10H2,1H3,(H,16,20)(H,18,19). The molecule has 1 aromatic carbocycles. The van der Waals surface area contributed by atoms with Crippen molar-refractivity contribution < 1.29 is 14.7 Å². The molecular formula is C15H20N2O3. The van der Waals surface area contributed by atoms with Crippen molar-refractivity contribution in [2.24, 2.45) is 5.92 Å². The Hall–Kier alpha value is -2.04. The molecule has 0 spiro atoms. The molecular weight excluding hydrogens is 256 g/mol. The molecule has 2 amide bonds. The summed E-state index contributed by atoms with van der Waals surface area (Å²) in [5.74, 6) is -0.382. The molecule has 0 radical (unpaired) electrons. The summed E-state index contributed by atoms with van der Waals surface area (Å²) in [5.41, 5.74) is 1.15. The van der Waals surface area contributed by atoms with Crippen LogP contribution >= 0.6 is 0 Å². The average molecular weight is 276 g/mol. The second-order valence-electron chi connectivity index (χ2n) is 5.35. The molecule has 5 nitrogen and oxygen atoms in total. The maximum atomic E-state index is 12.0. The van der Waals surface area contributed by atoms with Crippen LogP contribution in [0.4, 0.5) is 4.79 Å². The van der Waals surface area contributed by atoms with Gasteiger partial charge in [-0.3, -0.25) is 0 Å². The summed E-state index contributed by atoms with van der Waals surface area (Å²) in [5, 5.41) is 11.7. The van der Waals surface area contributed by atoms with Crippen LogP contribution in [0.3, 0.4) is 0 Å². The first-order valence-electron chi connectivity index (χ1n) is 6.91. The Morgan fingerprint density at radius 1 is 1.35 bits per heavy atom. The fraction of sp³-hybridized carbons (Fsp3) is 0.467. The van der Waals surface area contributed by atoms with E-state index >= 15 is 0 Å². The Labute approximate surface area is 118 Å². The van der Waals surface area contributed by atoms with Crippen LogP contribution in [0.15, 0.2) is 24.3 Å². The molecule has 1 aliphatic rings. The van der Waals surface area contributed by atoms with E-state index in [1.165, 1.54) is 6.42 Å². The van der Waals surface area contributed by atoms with Crippen LogP contribution in [-0.4, -0.2) is 35.1 Å². The van der Waals surface area contributed by atoms with Gasteiger partial charge in [-0.2, -0.15) is 0 Å². The normalized spacial score (nSPS) is 18.6. The number of carboxylic acids is 1. The number of likely N-dealkylation sites (tertiary alicyclic amines) is 1. The van der Waals surface area contributed by atoms with Crippen LogP contribution in [0.1, 0.15) is 35.7 Å². The molecule has 20 heavy (non-hydrogen) atoms. The van der Waals surface area contributed by atoms with Gasteiger partial charge in [0.15, 0.2) is 0 Å². The highest BCUT2D eigenvalue weighted by Crippen LogP contribution is 2.15. The lowest BCUT2D eigenvalue weighted by Gasteiger charge is -2.30. The average Bonchev–Trinajstić information content (AvgIpc) is 2.45. The van der Waals surface area contributed by atoms with E-state index in [1.807, 2.05) is 4.90 Å². The van der Waals surface area contributed by atoms with Gasteiger partial charge in [0.25, 0.3) is 0 Å².